The number of allylic oxidation sites excluding steroid dienone is 1. The van der Waals surface area contributed by atoms with Crippen LogP contribution in [0.15, 0.2) is 18.5 Å². The summed E-state index contributed by atoms with van der Waals surface area (Å²) in [6.07, 6.45) is 6.84. The first-order valence-corrected chi connectivity index (χ1v) is 4.85. The summed E-state index contributed by atoms with van der Waals surface area (Å²) >= 11 is 0. The Balaban J connectivity index is 2.25. The second kappa shape index (κ2) is 3.20. The van der Waals surface area contributed by atoms with Gasteiger partial charge in [-0.3, -0.25) is 0 Å². The molecule has 4 heteroatoms. The number of nitrogens with zero attached hydrogens (tertiary/aromatic N) is 3. The minimum atomic E-state index is -0.393. The molecule has 2 rings (SSSR count). The Morgan fingerprint density at radius 1 is 1.57 bits per heavy atom. The highest BCUT2D eigenvalue weighted by Gasteiger charge is 2.30. The van der Waals surface area contributed by atoms with E-state index >= 15 is 0 Å². The summed E-state index contributed by atoms with van der Waals surface area (Å²) < 4.78 is 1.72. The Morgan fingerprint density at radius 2 is 2.36 bits per heavy atom. The summed E-state index contributed by atoms with van der Waals surface area (Å²) in [6, 6.07) is 0. The van der Waals surface area contributed by atoms with E-state index in [0.29, 0.717) is 0 Å². The fourth-order valence-electron chi connectivity index (χ4n) is 1.64. The summed E-state index contributed by atoms with van der Waals surface area (Å²) in [5.41, 5.74) is 1.01. The van der Waals surface area contributed by atoms with Crippen LogP contribution in [0.1, 0.15) is 26.7 Å². The average Bonchev–Trinajstić information content (AvgIpc) is 2.62. The average molecular weight is 193 g/mol. The Hall–Kier alpha value is -1.16. The van der Waals surface area contributed by atoms with Gasteiger partial charge in [-0.15, -0.1) is 5.10 Å². The molecule has 1 heterocycles. The lowest BCUT2D eigenvalue weighted by molar-refractivity contribution is 0.0782. The number of hydrogen-bond acceptors (Lipinski definition) is 3. The zero-order valence-corrected chi connectivity index (χ0v) is 8.51. The maximum Gasteiger partial charge on any atom is 0.0792 e. The smallest absolute Gasteiger partial charge is 0.0792 e. The molecule has 0 amide bonds. The summed E-state index contributed by atoms with van der Waals surface area (Å²) in [7, 11) is 0. The molecule has 0 radical (unpaired) electrons. The highest BCUT2D eigenvalue weighted by atomic mass is 16.3. The lowest BCUT2D eigenvalue weighted by atomic mass is 9.77. The lowest BCUT2D eigenvalue weighted by Crippen LogP contribution is -2.31. The van der Waals surface area contributed by atoms with Crippen molar-refractivity contribution in [3.05, 3.63) is 18.5 Å². The molecular formula is C10H15N3O. The summed E-state index contributed by atoms with van der Waals surface area (Å²) in [5.74, 6) is 0. The molecule has 76 valence electrons. The van der Waals surface area contributed by atoms with Crippen molar-refractivity contribution in [3.63, 3.8) is 0 Å². The largest absolute Gasteiger partial charge is 0.388 e. The number of aliphatic hydroxyl groups excluding tert-OH is 1. The SMILES string of the molecule is CC1(C)CCC(n2ccnn2)=CC1O. The van der Waals surface area contributed by atoms with E-state index in [-0.39, 0.29) is 5.41 Å². The van der Waals surface area contributed by atoms with Crippen LogP contribution >= 0.6 is 0 Å². The van der Waals surface area contributed by atoms with Crippen molar-refractivity contribution >= 4 is 5.70 Å². The van der Waals surface area contributed by atoms with Gasteiger partial charge in [0, 0.05) is 5.70 Å². The highest BCUT2D eigenvalue weighted by Crippen LogP contribution is 2.35. The van der Waals surface area contributed by atoms with Crippen LogP contribution < -0.4 is 0 Å². The number of aromatic nitrogens is 3. The molecule has 0 spiro atoms. The molecule has 1 aliphatic carbocycles. The Morgan fingerprint density at radius 3 is 2.93 bits per heavy atom. The van der Waals surface area contributed by atoms with E-state index in [1.54, 1.807) is 17.1 Å². The standard InChI is InChI=1S/C10H15N3O/c1-10(2)4-3-8(7-9(10)14)13-6-5-11-12-13/h5-7,9,14H,3-4H2,1-2H3. The summed E-state index contributed by atoms with van der Waals surface area (Å²) in [6.45, 7) is 4.15. The number of rotatable bonds is 1. The van der Waals surface area contributed by atoms with Crippen LogP contribution in [0.25, 0.3) is 5.70 Å². The summed E-state index contributed by atoms with van der Waals surface area (Å²) in [5, 5.41) is 17.5. The third-order valence-electron chi connectivity index (χ3n) is 2.89. The Kier molecular flexibility index (Phi) is 2.15. The predicted molar refractivity (Wildman–Crippen MR) is 53.3 cm³/mol. The van der Waals surface area contributed by atoms with Gasteiger partial charge in [-0.25, -0.2) is 4.68 Å². The van der Waals surface area contributed by atoms with Crippen molar-refractivity contribution < 1.29 is 5.11 Å². The van der Waals surface area contributed by atoms with Gasteiger partial charge in [-0.2, -0.15) is 0 Å². The molecule has 0 aromatic carbocycles. The number of hydrogen-bond donors (Lipinski definition) is 1. The van der Waals surface area contributed by atoms with E-state index in [0.717, 1.165) is 18.5 Å². The molecule has 1 N–H and O–H groups in total. The molecule has 1 aromatic heterocycles. The van der Waals surface area contributed by atoms with Crippen molar-refractivity contribution in [2.75, 3.05) is 0 Å². The highest BCUT2D eigenvalue weighted by molar-refractivity contribution is 5.46. The van der Waals surface area contributed by atoms with Crippen molar-refractivity contribution in [1.29, 1.82) is 0 Å². The van der Waals surface area contributed by atoms with Crippen LogP contribution in [0.2, 0.25) is 0 Å². The monoisotopic (exact) mass is 193 g/mol. The van der Waals surface area contributed by atoms with Crippen LogP contribution in [-0.4, -0.2) is 26.2 Å². The van der Waals surface area contributed by atoms with Gasteiger partial charge in [0.2, 0.25) is 0 Å². The molecule has 1 aromatic rings. The first-order chi connectivity index (χ1) is 6.59. The third kappa shape index (κ3) is 1.57. The molecule has 1 aliphatic rings. The van der Waals surface area contributed by atoms with E-state index in [9.17, 15) is 5.11 Å². The molecule has 1 atom stereocenters. The normalized spacial score (nSPS) is 25.9. The quantitative estimate of drug-likeness (QED) is 0.731. The van der Waals surface area contributed by atoms with Gasteiger partial charge in [0.1, 0.15) is 0 Å². The fourth-order valence-corrected chi connectivity index (χ4v) is 1.64. The lowest BCUT2D eigenvalue weighted by Gasteiger charge is -2.33. The Bertz CT molecular complexity index is 340. The second-order valence-corrected chi connectivity index (χ2v) is 4.44. The van der Waals surface area contributed by atoms with E-state index in [1.165, 1.54) is 0 Å². The van der Waals surface area contributed by atoms with Gasteiger partial charge < -0.3 is 5.11 Å². The zero-order chi connectivity index (χ0) is 10.2. The van der Waals surface area contributed by atoms with Crippen molar-refractivity contribution in [1.82, 2.24) is 15.0 Å². The van der Waals surface area contributed by atoms with Gasteiger partial charge in [0.25, 0.3) is 0 Å². The Labute approximate surface area is 83.2 Å². The maximum absolute atomic E-state index is 9.87. The first-order valence-electron chi connectivity index (χ1n) is 4.85. The third-order valence-corrected chi connectivity index (χ3v) is 2.89. The topological polar surface area (TPSA) is 50.9 Å². The van der Waals surface area contributed by atoms with Crippen molar-refractivity contribution in [3.8, 4) is 0 Å². The minimum absolute atomic E-state index is 0.0237. The fraction of sp³-hybridized carbons (Fsp3) is 0.600. The van der Waals surface area contributed by atoms with Crippen LogP contribution in [0.4, 0.5) is 0 Å². The van der Waals surface area contributed by atoms with Gasteiger partial charge >= 0.3 is 0 Å². The molecule has 1 unspecified atom stereocenters. The van der Waals surface area contributed by atoms with Crippen molar-refractivity contribution in [2.24, 2.45) is 5.41 Å². The van der Waals surface area contributed by atoms with Crippen LogP contribution in [-0.2, 0) is 0 Å². The molecule has 4 nitrogen and oxygen atoms in total. The molecule has 0 saturated heterocycles. The molecular weight excluding hydrogens is 178 g/mol. The second-order valence-electron chi connectivity index (χ2n) is 4.44. The van der Waals surface area contributed by atoms with Gasteiger partial charge in [-0.1, -0.05) is 19.1 Å². The van der Waals surface area contributed by atoms with Crippen molar-refractivity contribution in [2.45, 2.75) is 32.8 Å². The van der Waals surface area contributed by atoms with Gasteiger partial charge in [-0.05, 0) is 24.3 Å². The first kappa shape index (κ1) is 9.40. The van der Waals surface area contributed by atoms with E-state index in [4.69, 9.17) is 0 Å². The van der Waals surface area contributed by atoms with Gasteiger partial charge in [0.05, 0.1) is 18.5 Å². The molecule has 14 heavy (non-hydrogen) atoms. The molecule has 0 aliphatic heterocycles. The summed E-state index contributed by atoms with van der Waals surface area (Å²) in [4.78, 5) is 0. The maximum atomic E-state index is 9.87. The number of aliphatic hydroxyl groups is 1. The molecule has 0 bridgehead atoms. The predicted octanol–water partition coefficient (Wildman–Crippen LogP) is 1.30. The molecule has 0 saturated carbocycles. The van der Waals surface area contributed by atoms with Crippen LogP contribution in [0.3, 0.4) is 0 Å². The minimum Gasteiger partial charge on any atom is -0.388 e. The molecule has 0 fully saturated rings. The van der Waals surface area contributed by atoms with Crippen LogP contribution in [0.5, 0.6) is 0 Å². The van der Waals surface area contributed by atoms with E-state index in [2.05, 4.69) is 24.2 Å². The van der Waals surface area contributed by atoms with Crippen LogP contribution in [0, 0.1) is 5.41 Å². The zero-order valence-electron chi connectivity index (χ0n) is 8.51. The van der Waals surface area contributed by atoms with Gasteiger partial charge in [0.15, 0.2) is 0 Å². The van der Waals surface area contributed by atoms with E-state index < -0.39 is 6.10 Å². The van der Waals surface area contributed by atoms with E-state index in [1.807, 2.05) is 6.08 Å².